The Bertz CT molecular complexity index is 468. The van der Waals surface area contributed by atoms with Crippen molar-refractivity contribution in [1.82, 2.24) is 10.3 Å². The highest BCUT2D eigenvalue weighted by Crippen LogP contribution is 2.46. The summed E-state index contributed by atoms with van der Waals surface area (Å²) in [4.78, 5) is 16.0. The average molecular weight is 248 g/mol. The maximum absolute atomic E-state index is 12.1. The number of pyridine rings is 1. The van der Waals surface area contributed by atoms with Crippen LogP contribution < -0.4 is 11.1 Å². The number of nitrogens with zero attached hydrogens (tertiary/aromatic N) is 2. The lowest BCUT2D eigenvalue weighted by Crippen LogP contribution is -2.41. The number of hydrogen-bond acceptors (Lipinski definition) is 4. The Morgan fingerprint density at radius 2 is 2.17 bits per heavy atom. The van der Waals surface area contributed by atoms with Crippen LogP contribution in [0.25, 0.3) is 0 Å². The summed E-state index contributed by atoms with van der Waals surface area (Å²) in [7, 11) is 0. The summed E-state index contributed by atoms with van der Waals surface area (Å²) < 4.78 is 0. The van der Waals surface area contributed by atoms with Crippen LogP contribution >= 0.6 is 0 Å². The summed E-state index contributed by atoms with van der Waals surface area (Å²) in [6.45, 7) is 1.88. The number of aromatic nitrogens is 1. The van der Waals surface area contributed by atoms with Crippen LogP contribution in [0.5, 0.6) is 0 Å². The van der Waals surface area contributed by atoms with Gasteiger partial charge in [0.15, 0.2) is 5.84 Å². The maximum Gasteiger partial charge on any atom is 0.234 e. The molecule has 18 heavy (non-hydrogen) atoms. The van der Waals surface area contributed by atoms with Gasteiger partial charge in [-0.1, -0.05) is 5.16 Å². The molecule has 1 unspecified atom stereocenters. The number of hydrogen-bond donors (Lipinski definition) is 3. The zero-order valence-corrected chi connectivity index (χ0v) is 10.1. The van der Waals surface area contributed by atoms with Gasteiger partial charge in [0.05, 0.1) is 6.04 Å². The van der Waals surface area contributed by atoms with E-state index >= 15 is 0 Å². The normalized spacial score (nSPS) is 19.1. The number of oxime groups is 1. The van der Waals surface area contributed by atoms with Crippen LogP contribution in [0.2, 0.25) is 0 Å². The standard InChI is InChI=1S/C12H16N4O2/c1-8(9-2-6-14-7-3-9)15-11(17)12(4-5-12)10(13)16-18/h2-3,6-8,18H,4-5H2,1H3,(H2,13,16)(H,15,17). The van der Waals surface area contributed by atoms with Crippen molar-refractivity contribution >= 4 is 11.7 Å². The van der Waals surface area contributed by atoms with Crippen LogP contribution in [0.1, 0.15) is 31.4 Å². The minimum absolute atomic E-state index is 0.0121. The van der Waals surface area contributed by atoms with Gasteiger partial charge in [-0.15, -0.1) is 0 Å². The van der Waals surface area contributed by atoms with Crippen molar-refractivity contribution < 1.29 is 10.0 Å². The fourth-order valence-electron chi connectivity index (χ4n) is 1.89. The predicted molar refractivity (Wildman–Crippen MR) is 65.9 cm³/mol. The molecule has 6 heteroatoms. The molecule has 1 amide bonds. The van der Waals surface area contributed by atoms with Crippen molar-refractivity contribution in [2.75, 3.05) is 0 Å². The SMILES string of the molecule is CC(NC(=O)C1(/C(N)=N/O)CC1)c1ccncc1. The van der Waals surface area contributed by atoms with Crippen LogP contribution in [0.4, 0.5) is 0 Å². The van der Waals surface area contributed by atoms with E-state index in [1.54, 1.807) is 12.4 Å². The lowest BCUT2D eigenvalue weighted by atomic mass is 10.0. The predicted octanol–water partition coefficient (Wildman–Crippen LogP) is 0.785. The van der Waals surface area contributed by atoms with Crippen molar-refractivity contribution in [2.24, 2.45) is 16.3 Å². The summed E-state index contributed by atoms with van der Waals surface area (Å²) >= 11 is 0. The van der Waals surface area contributed by atoms with Crippen LogP contribution in [0.3, 0.4) is 0 Å². The fourth-order valence-corrected chi connectivity index (χ4v) is 1.89. The largest absolute Gasteiger partial charge is 0.409 e. The van der Waals surface area contributed by atoms with E-state index in [-0.39, 0.29) is 17.8 Å². The molecular formula is C12H16N4O2. The third-order valence-corrected chi connectivity index (χ3v) is 3.34. The molecule has 2 rings (SSSR count). The third-order valence-electron chi connectivity index (χ3n) is 3.34. The quantitative estimate of drug-likeness (QED) is 0.317. The third kappa shape index (κ3) is 2.13. The van der Waals surface area contributed by atoms with E-state index in [0.29, 0.717) is 12.8 Å². The van der Waals surface area contributed by atoms with Crippen molar-refractivity contribution in [3.8, 4) is 0 Å². The van der Waals surface area contributed by atoms with E-state index in [0.717, 1.165) is 5.56 Å². The first kappa shape index (κ1) is 12.3. The highest BCUT2D eigenvalue weighted by molar-refractivity contribution is 6.09. The number of nitrogens with one attached hydrogen (secondary N) is 1. The summed E-state index contributed by atoms with van der Waals surface area (Å²) in [5.74, 6) is -0.205. The fraction of sp³-hybridized carbons (Fsp3) is 0.417. The summed E-state index contributed by atoms with van der Waals surface area (Å²) in [6, 6.07) is 3.55. The van der Waals surface area contributed by atoms with Gasteiger partial charge in [-0.25, -0.2) is 0 Å². The molecule has 1 aromatic heterocycles. The Kier molecular flexibility index (Phi) is 3.18. The summed E-state index contributed by atoms with van der Waals surface area (Å²) in [5, 5.41) is 14.5. The Labute approximate surface area is 105 Å². The smallest absolute Gasteiger partial charge is 0.234 e. The lowest BCUT2D eigenvalue weighted by molar-refractivity contribution is -0.124. The minimum atomic E-state index is -0.809. The molecule has 0 bridgehead atoms. The number of carbonyl (C=O) groups is 1. The first-order valence-corrected chi connectivity index (χ1v) is 5.79. The van der Waals surface area contributed by atoms with Gasteiger partial charge in [0.25, 0.3) is 0 Å². The van der Waals surface area contributed by atoms with Gasteiger partial charge in [-0.3, -0.25) is 9.78 Å². The van der Waals surface area contributed by atoms with E-state index in [1.165, 1.54) is 0 Å². The molecule has 6 nitrogen and oxygen atoms in total. The van der Waals surface area contributed by atoms with Gasteiger partial charge in [0.2, 0.25) is 5.91 Å². The summed E-state index contributed by atoms with van der Waals surface area (Å²) in [6.07, 6.45) is 4.60. The van der Waals surface area contributed by atoms with Crippen LogP contribution in [0, 0.1) is 5.41 Å². The van der Waals surface area contributed by atoms with Gasteiger partial charge in [0.1, 0.15) is 5.41 Å². The highest BCUT2D eigenvalue weighted by atomic mass is 16.4. The molecule has 1 heterocycles. The Morgan fingerprint density at radius 1 is 1.56 bits per heavy atom. The Morgan fingerprint density at radius 3 is 2.67 bits per heavy atom. The van der Waals surface area contributed by atoms with Crippen LogP contribution in [-0.2, 0) is 4.79 Å². The number of carbonyl (C=O) groups excluding carboxylic acids is 1. The molecular weight excluding hydrogens is 232 g/mol. The Balaban J connectivity index is 2.05. The van der Waals surface area contributed by atoms with Crippen molar-refractivity contribution in [3.05, 3.63) is 30.1 Å². The molecule has 1 aliphatic carbocycles. The first-order chi connectivity index (χ1) is 8.60. The lowest BCUT2D eigenvalue weighted by Gasteiger charge is -2.18. The van der Waals surface area contributed by atoms with E-state index < -0.39 is 5.41 Å². The molecule has 0 radical (unpaired) electrons. The zero-order valence-electron chi connectivity index (χ0n) is 10.1. The number of amidine groups is 1. The molecule has 1 fully saturated rings. The molecule has 1 aliphatic rings. The molecule has 1 aromatic rings. The monoisotopic (exact) mass is 248 g/mol. The molecule has 96 valence electrons. The topological polar surface area (TPSA) is 101 Å². The molecule has 0 spiro atoms. The average Bonchev–Trinajstić information content (AvgIpc) is 3.20. The second-order valence-electron chi connectivity index (χ2n) is 4.54. The molecule has 0 aliphatic heterocycles. The van der Waals surface area contributed by atoms with Crippen LogP contribution in [0.15, 0.2) is 29.7 Å². The number of nitrogens with two attached hydrogens (primary N) is 1. The van der Waals surface area contributed by atoms with Gasteiger partial charge >= 0.3 is 0 Å². The second-order valence-corrected chi connectivity index (χ2v) is 4.54. The Hall–Kier alpha value is -2.11. The van der Waals surface area contributed by atoms with Gasteiger partial charge in [-0.05, 0) is 37.5 Å². The highest BCUT2D eigenvalue weighted by Gasteiger charge is 2.54. The van der Waals surface area contributed by atoms with Crippen molar-refractivity contribution in [3.63, 3.8) is 0 Å². The molecule has 0 aromatic carbocycles. The molecule has 4 N–H and O–H groups in total. The van der Waals surface area contributed by atoms with E-state index in [9.17, 15) is 4.79 Å². The van der Waals surface area contributed by atoms with Crippen molar-refractivity contribution in [2.45, 2.75) is 25.8 Å². The minimum Gasteiger partial charge on any atom is -0.409 e. The van der Waals surface area contributed by atoms with E-state index in [4.69, 9.17) is 10.9 Å². The van der Waals surface area contributed by atoms with E-state index in [1.807, 2.05) is 19.1 Å². The van der Waals surface area contributed by atoms with Crippen LogP contribution in [-0.4, -0.2) is 21.9 Å². The maximum atomic E-state index is 12.1. The number of rotatable bonds is 4. The van der Waals surface area contributed by atoms with Gasteiger partial charge in [-0.2, -0.15) is 0 Å². The first-order valence-electron chi connectivity index (χ1n) is 5.79. The second kappa shape index (κ2) is 4.64. The summed E-state index contributed by atoms with van der Waals surface area (Å²) in [5.41, 5.74) is 5.71. The van der Waals surface area contributed by atoms with E-state index in [2.05, 4.69) is 15.5 Å². The molecule has 1 saturated carbocycles. The molecule has 1 atom stereocenters. The van der Waals surface area contributed by atoms with Gasteiger partial charge < -0.3 is 16.3 Å². The number of amides is 1. The zero-order chi connectivity index (χ0) is 13.2. The van der Waals surface area contributed by atoms with Crippen molar-refractivity contribution in [1.29, 1.82) is 0 Å². The molecule has 0 saturated heterocycles. The van der Waals surface area contributed by atoms with Gasteiger partial charge in [0, 0.05) is 12.4 Å².